The van der Waals surface area contributed by atoms with Gasteiger partial charge in [-0.3, -0.25) is 0 Å². The van der Waals surface area contributed by atoms with Crippen LogP contribution >= 0.6 is 23.5 Å². The standard InChI is InChI=1S/C23H24O2S2/c1-16-3-7-22(15-17(16)2)27-21-12-10-20(11-13-21)26-19-8-4-18(5-9-19)6-14-23(24)25/h4-6,8-14,16,22H,2-3,7,15H2,1H3,(H,24,25)/b14-6+. The van der Waals surface area contributed by atoms with Crippen molar-refractivity contribution < 1.29 is 9.90 Å². The van der Waals surface area contributed by atoms with Crippen LogP contribution in [-0.4, -0.2) is 16.3 Å². The van der Waals surface area contributed by atoms with Crippen molar-refractivity contribution in [1.29, 1.82) is 0 Å². The van der Waals surface area contributed by atoms with Gasteiger partial charge in [-0.05, 0) is 73.2 Å². The van der Waals surface area contributed by atoms with Crippen LogP contribution in [-0.2, 0) is 4.79 Å². The van der Waals surface area contributed by atoms with Gasteiger partial charge in [0, 0.05) is 26.0 Å². The molecule has 1 N–H and O–H groups in total. The van der Waals surface area contributed by atoms with E-state index >= 15 is 0 Å². The van der Waals surface area contributed by atoms with E-state index in [2.05, 4.69) is 37.8 Å². The fourth-order valence-corrected chi connectivity index (χ4v) is 5.11. The first-order valence-electron chi connectivity index (χ1n) is 9.13. The van der Waals surface area contributed by atoms with Gasteiger partial charge < -0.3 is 5.11 Å². The van der Waals surface area contributed by atoms with Crippen LogP contribution < -0.4 is 0 Å². The van der Waals surface area contributed by atoms with Crippen molar-refractivity contribution in [2.75, 3.05) is 0 Å². The fourth-order valence-electron chi connectivity index (χ4n) is 3.07. The van der Waals surface area contributed by atoms with Crippen molar-refractivity contribution in [1.82, 2.24) is 0 Å². The molecule has 0 amide bonds. The van der Waals surface area contributed by atoms with E-state index < -0.39 is 5.97 Å². The molecule has 2 aromatic rings. The van der Waals surface area contributed by atoms with Crippen LogP contribution in [0, 0.1) is 5.92 Å². The second-order valence-corrected chi connectivity index (χ2v) is 9.42. The zero-order valence-electron chi connectivity index (χ0n) is 15.4. The molecule has 2 nitrogen and oxygen atoms in total. The van der Waals surface area contributed by atoms with Crippen LogP contribution in [0.3, 0.4) is 0 Å². The van der Waals surface area contributed by atoms with Gasteiger partial charge in [-0.2, -0.15) is 0 Å². The molecule has 3 rings (SSSR count). The first kappa shape index (κ1) is 19.8. The number of benzene rings is 2. The van der Waals surface area contributed by atoms with Gasteiger partial charge in [-0.15, -0.1) is 11.8 Å². The monoisotopic (exact) mass is 396 g/mol. The largest absolute Gasteiger partial charge is 0.478 e. The second kappa shape index (κ2) is 9.34. The molecule has 0 aromatic heterocycles. The van der Waals surface area contributed by atoms with Gasteiger partial charge >= 0.3 is 5.97 Å². The van der Waals surface area contributed by atoms with E-state index in [1.54, 1.807) is 17.8 Å². The lowest BCUT2D eigenvalue weighted by molar-refractivity contribution is -0.131. The molecule has 0 radical (unpaired) electrons. The molecule has 0 aliphatic heterocycles. The summed E-state index contributed by atoms with van der Waals surface area (Å²) in [6, 6.07) is 16.7. The van der Waals surface area contributed by atoms with Gasteiger partial charge in [0.15, 0.2) is 0 Å². The third-order valence-electron chi connectivity index (χ3n) is 4.77. The zero-order valence-corrected chi connectivity index (χ0v) is 17.1. The van der Waals surface area contributed by atoms with E-state index in [1.807, 2.05) is 36.0 Å². The lowest BCUT2D eigenvalue weighted by Gasteiger charge is -2.28. The van der Waals surface area contributed by atoms with Gasteiger partial charge in [0.1, 0.15) is 0 Å². The summed E-state index contributed by atoms with van der Waals surface area (Å²) in [4.78, 5) is 14.2. The molecule has 1 saturated carbocycles. The molecule has 0 heterocycles. The molecular formula is C23H24O2S2. The summed E-state index contributed by atoms with van der Waals surface area (Å²) >= 11 is 3.68. The Balaban J connectivity index is 1.56. The molecule has 2 atom stereocenters. The van der Waals surface area contributed by atoms with Crippen molar-refractivity contribution in [3.05, 3.63) is 72.3 Å². The minimum atomic E-state index is -0.932. The van der Waals surface area contributed by atoms with Gasteiger partial charge in [0.05, 0.1) is 0 Å². The number of allylic oxidation sites excluding steroid dienone is 1. The van der Waals surface area contributed by atoms with E-state index in [1.165, 1.54) is 28.2 Å². The minimum absolute atomic E-state index is 0.651. The summed E-state index contributed by atoms with van der Waals surface area (Å²) in [7, 11) is 0. The number of carboxylic acids is 1. The molecule has 1 fully saturated rings. The predicted molar refractivity (Wildman–Crippen MR) is 115 cm³/mol. The number of carboxylic acid groups (broad SMARTS) is 1. The van der Waals surface area contributed by atoms with Gasteiger partial charge in [-0.25, -0.2) is 4.79 Å². The topological polar surface area (TPSA) is 37.3 Å². The molecule has 0 spiro atoms. The average molecular weight is 397 g/mol. The van der Waals surface area contributed by atoms with Crippen LogP contribution in [0.15, 0.2) is 81.4 Å². The van der Waals surface area contributed by atoms with Gasteiger partial charge in [-0.1, -0.05) is 43.0 Å². The number of aliphatic carboxylic acids is 1. The Hall–Kier alpha value is -1.91. The predicted octanol–water partition coefficient (Wildman–Crippen LogP) is 6.77. The van der Waals surface area contributed by atoms with Crippen LogP contribution in [0.5, 0.6) is 0 Å². The molecule has 0 bridgehead atoms. The summed E-state index contributed by atoms with van der Waals surface area (Å²) in [6.45, 7) is 6.51. The first-order valence-corrected chi connectivity index (χ1v) is 10.8. The van der Waals surface area contributed by atoms with E-state index in [4.69, 9.17) is 5.11 Å². The smallest absolute Gasteiger partial charge is 0.328 e. The highest BCUT2D eigenvalue weighted by molar-refractivity contribution is 8.00. The fraction of sp³-hybridized carbons (Fsp3) is 0.261. The SMILES string of the molecule is C=C1CC(Sc2ccc(Sc3ccc(/C=C/C(=O)O)cc3)cc2)CCC1C. The maximum Gasteiger partial charge on any atom is 0.328 e. The molecule has 4 heteroatoms. The third-order valence-corrected chi connectivity index (χ3v) is 7.06. The molecule has 1 aliphatic rings. The minimum Gasteiger partial charge on any atom is -0.478 e. The maximum absolute atomic E-state index is 10.6. The van der Waals surface area contributed by atoms with Crippen molar-refractivity contribution in [2.45, 2.75) is 46.1 Å². The number of hydrogen-bond donors (Lipinski definition) is 1. The molecular weight excluding hydrogens is 372 g/mol. The molecule has 140 valence electrons. The Morgan fingerprint density at radius 2 is 1.63 bits per heavy atom. The highest BCUT2D eigenvalue weighted by atomic mass is 32.2. The zero-order chi connectivity index (χ0) is 19.2. The van der Waals surface area contributed by atoms with Crippen molar-refractivity contribution >= 4 is 35.6 Å². The third kappa shape index (κ3) is 6.05. The van der Waals surface area contributed by atoms with E-state index in [0.29, 0.717) is 11.2 Å². The molecule has 2 unspecified atom stereocenters. The van der Waals surface area contributed by atoms with Crippen LogP contribution in [0.1, 0.15) is 31.7 Å². The molecule has 27 heavy (non-hydrogen) atoms. The number of rotatable bonds is 6. The van der Waals surface area contributed by atoms with E-state index in [-0.39, 0.29) is 0 Å². The van der Waals surface area contributed by atoms with Crippen molar-refractivity contribution in [3.8, 4) is 0 Å². The van der Waals surface area contributed by atoms with Crippen LogP contribution in [0.25, 0.3) is 6.08 Å². The first-order chi connectivity index (χ1) is 13.0. The lowest BCUT2D eigenvalue weighted by Crippen LogP contribution is -2.16. The maximum atomic E-state index is 10.6. The van der Waals surface area contributed by atoms with E-state index in [0.717, 1.165) is 23.0 Å². The number of carbonyl (C=O) groups is 1. The second-order valence-electron chi connectivity index (χ2n) is 6.89. The van der Waals surface area contributed by atoms with Crippen LogP contribution in [0.4, 0.5) is 0 Å². The normalized spacial score (nSPS) is 20.1. The summed E-state index contributed by atoms with van der Waals surface area (Å²) in [5.74, 6) is -0.259. The molecule has 0 saturated heterocycles. The average Bonchev–Trinajstić information content (AvgIpc) is 2.66. The van der Waals surface area contributed by atoms with Crippen molar-refractivity contribution in [3.63, 3.8) is 0 Å². The Kier molecular flexibility index (Phi) is 6.86. The van der Waals surface area contributed by atoms with Crippen molar-refractivity contribution in [2.24, 2.45) is 5.92 Å². The van der Waals surface area contributed by atoms with Gasteiger partial charge in [0.2, 0.25) is 0 Å². The number of thioether (sulfide) groups is 1. The highest BCUT2D eigenvalue weighted by Gasteiger charge is 2.21. The highest BCUT2D eigenvalue weighted by Crippen LogP contribution is 2.38. The summed E-state index contributed by atoms with van der Waals surface area (Å²) in [5, 5.41) is 9.33. The Morgan fingerprint density at radius 1 is 1.04 bits per heavy atom. The summed E-state index contributed by atoms with van der Waals surface area (Å²) in [5.41, 5.74) is 2.28. The Morgan fingerprint density at radius 3 is 2.22 bits per heavy atom. The lowest BCUT2D eigenvalue weighted by atomic mass is 9.86. The Labute approximate surface area is 169 Å². The van der Waals surface area contributed by atoms with E-state index in [9.17, 15) is 4.79 Å². The summed E-state index contributed by atoms with van der Waals surface area (Å²) in [6.07, 6.45) is 6.40. The summed E-state index contributed by atoms with van der Waals surface area (Å²) < 4.78 is 0. The molecule has 2 aromatic carbocycles. The molecule has 1 aliphatic carbocycles. The Bertz CT molecular complexity index is 822. The number of hydrogen-bond acceptors (Lipinski definition) is 3. The van der Waals surface area contributed by atoms with Gasteiger partial charge in [0.25, 0.3) is 0 Å². The van der Waals surface area contributed by atoms with Crippen LogP contribution in [0.2, 0.25) is 0 Å². The quantitative estimate of drug-likeness (QED) is 0.432.